The monoisotopic (exact) mass is 697 g/mol. The van der Waals surface area contributed by atoms with Gasteiger partial charge in [-0.1, -0.05) is 12.1 Å². The highest BCUT2D eigenvalue weighted by atomic mass is 16.6. The van der Waals surface area contributed by atoms with E-state index in [4.69, 9.17) is 19.2 Å². The average molecular weight is 698 g/mol. The van der Waals surface area contributed by atoms with Crippen molar-refractivity contribution >= 4 is 17.8 Å². The quantitative estimate of drug-likeness (QED) is 0.229. The summed E-state index contributed by atoms with van der Waals surface area (Å²) >= 11 is 0. The molecule has 4 saturated carbocycles. The van der Waals surface area contributed by atoms with Crippen molar-refractivity contribution in [3.05, 3.63) is 60.0 Å². The number of nitrogens with one attached hydrogen (secondary N) is 1. The fraction of sp³-hybridized carbons (Fsp3) is 0.610. The van der Waals surface area contributed by atoms with Crippen LogP contribution < -0.4 is 15.0 Å². The maximum atomic E-state index is 14.7. The maximum absolute atomic E-state index is 14.7. The summed E-state index contributed by atoms with van der Waals surface area (Å²) in [5.74, 6) is 1.70. The second kappa shape index (κ2) is 15.0. The Labute approximate surface area is 302 Å². The number of anilines is 1. The fourth-order valence-corrected chi connectivity index (χ4v) is 9.12. The van der Waals surface area contributed by atoms with Gasteiger partial charge in [-0.05, 0) is 131 Å². The highest BCUT2D eigenvalue weighted by molar-refractivity contribution is 5.95. The highest BCUT2D eigenvalue weighted by Crippen LogP contribution is 2.58. The topological polar surface area (TPSA) is 108 Å². The molecule has 10 nitrogen and oxygen atoms in total. The molecule has 3 aromatic rings. The molecule has 2 amide bonds. The van der Waals surface area contributed by atoms with Gasteiger partial charge in [0.15, 0.2) is 0 Å². The third-order valence-corrected chi connectivity index (χ3v) is 12.5. The lowest BCUT2D eigenvalue weighted by Gasteiger charge is -2.55. The van der Waals surface area contributed by atoms with E-state index in [1.165, 1.54) is 11.1 Å². The molecule has 1 saturated heterocycles. The van der Waals surface area contributed by atoms with E-state index in [0.717, 1.165) is 99.7 Å². The number of aryl methyl sites for hydroxylation is 1. The number of methoxy groups -OCH3 is 1. The lowest BCUT2D eigenvalue weighted by atomic mass is 9.51. The molecule has 0 spiro atoms. The molecule has 1 aromatic carbocycles. The third kappa shape index (κ3) is 7.66. The Hall–Kier alpha value is -3.92. The molecule has 1 N–H and O–H groups in total. The largest absolute Gasteiger partial charge is 0.496 e. The fourth-order valence-electron chi connectivity index (χ4n) is 9.12. The Morgan fingerprint density at radius 2 is 1.71 bits per heavy atom. The molecule has 0 atom stereocenters. The number of pyridine rings is 1. The van der Waals surface area contributed by atoms with Gasteiger partial charge in [0.2, 0.25) is 5.91 Å². The predicted molar refractivity (Wildman–Crippen MR) is 197 cm³/mol. The van der Waals surface area contributed by atoms with E-state index in [9.17, 15) is 9.59 Å². The van der Waals surface area contributed by atoms with Crippen molar-refractivity contribution in [2.24, 2.45) is 11.3 Å². The number of amides is 2. The van der Waals surface area contributed by atoms with Crippen LogP contribution >= 0.6 is 0 Å². The van der Waals surface area contributed by atoms with Crippen LogP contribution in [0.2, 0.25) is 0 Å². The van der Waals surface area contributed by atoms with Crippen molar-refractivity contribution in [2.75, 3.05) is 31.8 Å². The first-order valence-electron chi connectivity index (χ1n) is 19.2. The molecular formula is C41H55N5O5. The van der Waals surface area contributed by atoms with Crippen LogP contribution in [-0.4, -0.2) is 65.8 Å². The van der Waals surface area contributed by atoms with E-state index in [1.54, 1.807) is 7.11 Å². The Morgan fingerprint density at radius 3 is 2.35 bits per heavy atom. The summed E-state index contributed by atoms with van der Waals surface area (Å²) in [6.07, 6.45) is 16.5. The van der Waals surface area contributed by atoms with Crippen LogP contribution in [0.4, 0.5) is 10.6 Å². The number of hydrogen-bond acceptors (Lipinski definition) is 7. The maximum Gasteiger partial charge on any atom is 0.407 e. The summed E-state index contributed by atoms with van der Waals surface area (Å²) in [4.78, 5) is 34.2. The first-order valence-corrected chi connectivity index (χ1v) is 19.2. The minimum atomic E-state index is -0.352. The van der Waals surface area contributed by atoms with Crippen molar-refractivity contribution < 1.29 is 23.8 Å². The standard InChI is InChI=1S/C41H55N5O5/c1-28(2)46-26-32(25-43-46)31-11-20-42-37(24-31)45(38(47)30-5-8-34(9-6-30)44-39(48)51-35-12-21-50-22-13-35)27-40-14-17-41(18-15-40,19-16-40)33-7-10-36(49-4)29(3)23-33/h7,10-11,20,23-26,28,30,34-35H,5-6,8-9,12-19,21-22,27H2,1-4H3,(H,44,48). The van der Waals surface area contributed by atoms with Gasteiger partial charge in [0.05, 0.1) is 26.5 Å². The van der Waals surface area contributed by atoms with Gasteiger partial charge in [0.25, 0.3) is 0 Å². The summed E-state index contributed by atoms with van der Waals surface area (Å²) in [6, 6.07) is 11.1. The Kier molecular flexibility index (Phi) is 10.4. The summed E-state index contributed by atoms with van der Waals surface area (Å²) in [7, 11) is 1.74. The van der Waals surface area contributed by atoms with Crippen LogP contribution in [0, 0.1) is 18.3 Å². The van der Waals surface area contributed by atoms with E-state index in [2.05, 4.69) is 61.6 Å². The smallest absolute Gasteiger partial charge is 0.407 e. The summed E-state index contributed by atoms with van der Waals surface area (Å²) < 4.78 is 18.6. The van der Waals surface area contributed by atoms with Gasteiger partial charge < -0.3 is 19.5 Å². The number of benzene rings is 1. The molecule has 0 unspecified atom stereocenters. The highest BCUT2D eigenvalue weighted by Gasteiger charge is 2.51. The molecular weight excluding hydrogens is 642 g/mol. The summed E-state index contributed by atoms with van der Waals surface area (Å²) in [6.45, 7) is 8.31. The van der Waals surface area contributed by atoms with Crippen LogP contribution in [-0.2, 0) is 19.7 Å². The van der Waals surface area contributed by atoms with Crippen LogP contribution in [0.1, 0.15) is 108 Å². The number of alkyl carbamates (subject to hydrolysis) is 1. The van der Waals surface area contributed by atoms with Gasteiger partial charge in [0.1, 0.15) is 17.7 Å². The van der Waals surface area contributed by atoms with Crippen LogP contribution in [0.25, 0.3) is 11.1 Å². The Bertz CT molecular complexity index is 1660. The first kappa shape index (κ1) is 35.5. The average Bonchev–Trinajstić information content (AvgIpc) is 3.66. The number of carbonyl (C=O) groups excluding carboxylic acids is 2. The minimum absolute atomic E-state index is 0.0128. The van der Waals surface area contributed by atoms with E-state index >= 15 is 0 Å². The third-order valence-electron chi connectivity index (χ3n) is 12.5. The van der Waals surface area contributed by atoms with Crippen LogP contribution in [0.15, 0.2) is 48.9 Å². The van der Waals surface area contributed by atoms with Gasteiger partial charge in [-0.15, -0.1) is 0 Å². The Morgan fingerprint density at radius 1 is 0.980 bits per heavy atom. The van der Waals surface area contributed by atoms with Crippen molar-refractivity contribution in [1.82, 2.24) is 20.1 Å². The molecule has 3 heterocycles. The molecule has 5 aliphatic rings. The number of hydrogen-bond donors (Lipinski definition) is 1. The molecule has 0 radical (unpaired) electrons. The van der Waals surface area contributed by atoms with Gasteiger partial charge in [0, 0.05) is 55.3 Å². The lowest BCUT2D eigenvalue weighted by molar-refractivity contribution is -0.124. The van der Waals surface area contributed by atoms with Crippen LogP contribution in [0.3, 0.4) is 0 Å². The second-order valence-corrected chi connectivity index (χ2v) is 16.0. The van der Waals surface area contributed by atoms with Gasteiger partial charge in [-0.25, -0.2) is 9.78 Å². The number of rotatable bonds is 10. The number of fused-ring (bicyclic) bond motifs is 3. The van der Waals surface area contributed by atoms with E-state index < -0.39 is 0 Å². The summed E-state index contributed by atoms with van der Waals surface area (Å²) in [5.41, 5.74) is 4.91. The second-order valence-electron chi connectivity index (χ2n) is 16.0. The molecule has 1 aliphatic heterocycles. The van der Waals surface area contributed by atoms with Gasteiger partial charge in [-0.3, -0.25) is 14.4 Å². The number of carbonyl (C=O) groups is 2. The molecule has 2 bridgehead atoms. The van der Waals surface area contributed by atoms with Gasteiger partial charge in [-0.2, -0.15) is 5.10 Å². The van der Waals surface area contributed by atoms with Crippen molar-refractivity contribution in [3.8, 4) is 16.9 Å². The predicted octanol–water partition coefficient (Wildman–Crippen LogP) is 7.93. The van der Waals surface area contributed by atoms with E-state index in [-0.39, 0.29) is 46.9 Å². The molecule has 2 aromatic heterocycles. The van der Waals surface area contributed by atoms with E-state index in [1.807, 2.05) is 28.0 Å². The zero-order chi connectivity index (χ0) is 35.6. The lowest BCUT2D eigenvalue weighted by Crippen LogP contribution is -2.52. The Balaban J connectivity index is 1.07. The zero-order valence-electron chi connectivity index (χ0n) is 30.9. The van der Waals surface area contributed by atoms with Crippen molar-refractivity contribution in [2.45, 2.75) is 121 Å². The molecule has 4 aliphatic carbocycles. The molecule has 8 rings (SSSR count). The SMILES string of the molecule is COc1ccc(C23CCC(CN(C(=O)C4CCC(NC(=O)OC5CCOCC5)CC4)c4cc(-c5cnn(C(C)C)c5)ccn4)(CC2)CC3)cc1C. The zero-order valence-corrected chi connectivity index (χ0v) is 30.9. The van der Waals surface area contributed by atoms with Crippen LogP contribution in [0.5, 0.6) is 5.75 Å². The molecule has 274 valence electrons. The van der Waals surface area contributed by atoms with Gasteiger partial charge >= 0.3 is 6.09 Å². The van der Waals surface area contributed by atoms with E-state index in [0.29, 0.717) is 19.8 Å². The van der Waals surface area contributed by atoms with Crippen molar-refractivity contribution in [3.63, 3.8) is 0 Å². The normalized spacial score (nSPS) is 26.5. The van der Waals surface area contributed by atoms with Crippen molar-refractivity contribution in [1.29, 1.82) is 0 Å². The molecule has 10 heteroatoms. The number of aromatic nitrogens is 3. The molecule has 5 fully saturated rings. The summed E-state index contributed by atoms with van der Waals surface area (Å²) in [5, 5.41) is 7.65. The minimum Gasteiger partial charge on any atom is -0.496 e. The molecule has 51 heavy (non-hydrogen) atoms. The number of ether oxygens (including phenoxy) is 3. The number of nitrogens with zero attached hydrogens (tertiary/aromatic N) is 4. The first-order chi connectivity index (χ1) is 24.7.